The fourth-order valence-corrected chi connectivity index (χ4v) is 3.13. The molecule has 0 atom stereocenters. The first-order valence-electron chi connectivity index (χ1n) is 6.05. The van der Waals surface area contributed by atoms with Gasteiger partial charge in [0, 0.05) is 11.0 Å². The van der Waals surface area contributed by atoms with Crippen LogP contribution in [0.4, 0.5) is 11.4 Å². The molecule has 0 bridgehead atoms. The summed E-state index contributed by atoms with van der Waals surface area (Å²) in [6, 6.07) is 5.98. The molecule has 2 rings (SSSR count). The number of hydrogen-bond acceptors (Lipinski definition) is 2. The van der Waals surface area contributed by atoms with Crippen LogP contribution < -0.4 is 11.1 Å². The molecule has 0 radical (unpaired) electrons. The van der Waals surface area contributed by atoms with Gasteiger partial charge in [-0.05, 0) is 34.9 Å². The van der Waals surface area contributed by atoms with E-state index >= 15 is 0 Å². The van der Waals surface area contributed by atoms with Crippen molar-refractivity contribution in [3.63, 3.8) is 0 Å². The fraction of sp³-hybridized carbons (Fsp3) is 0.571. The number of halogens is 1. The van der Waals surface area contributed by atoms with Gasteiger partial charge >= 0.3 is 0 Å². The van der Waals surface area contributed by atoms with E-state index in [4.69, 9.17) is 5.73 Å². The minimum Gasteiger partial charge on any atom is -0.397 e. The number of nitrogens with one attached hydrogen (secondary N) is 1. The summed E-state index contributed by atoms with van der Waals surface area (Å²) in [5.41, 5.74) is 8.65. The van der Waals surface area contributed by atoms with Crippen LogP contribution in [0.15, 0.2) is 22.7 Å². The second kappa shape index (κ2) is 3.91. The van der Waals surface area contributed by atoms with Crippen molar-refractivity contribution in [1.82, 2.24) is 0 Å². The Labute approximate surface area is 112 Å². The van der Waals surface area contributed by atoms with Gasteiger partial charge in [-0.15, -0.1) is 0 Å². The van der Waals surface area contributed by atoms with E-state index in [0.29, 0.717) is 16.7 Å². The van der Waals surface area contributed by atoms with Gasteiger partial charge in [-0.3, -0.25) is 0 Å². The summed E-state index contributed by atoms with van der Waals surface area (Å²) in [4.78, 5) is 0. The average molecular weight is 297 g/mol. The molecule has 1 aromatic carbocycles. The largest absolute Gasteiger partial charge is 0.397 e. The molecule has 1 aromatic rings. The molecule has 1 aliphatic rings. The Hall–Kier alpha value is -0.700. The highest BCUT2D eigenvalue weighted by Crippen LogP contribution is 2.68. The van der Waals surface area contributed by atoms with Crippen molar-refractivity contribution < 1.29 is 0 Å². The van der Waals surface area contributed by atoms with Crippen LogP contribution in [0.2, 0.25) is 0 Å². The third-order valence-electron chi connectivity index (χ3n) is 4.83. The predicted molar refractivity (Wildman–Crippen MR) is 78.1 cm³/mol. The standard InChI is InChI=1S/C14H21BrN2/c1-13(2)12(14(13,3)4)8-17-11-6-5-9(15)7-10(11)16/h5-7,12,17H,8,16H2,1-4H3. The zero-order valence-corrected chi connectivity index (χ0v) is 12.6. The van der Waals surface area contributed by atoms with Crippen molar-refractivity contribution in [1.29, 1.82) is 0 Å². The van der Waals surface area contributed by atoms with E-state index in [-0.39, 0.29) is 0 Å². The maximum atomic E-state index is 5.97. The van der Waals surface area contributed by atoms with Gasteiger partial charge in [-0.1, -0.05) is 43.6 Å². The Balaban J connectivity index is 2.00. The van der Waals surface area contributed by atoms with Gasteiger partial charge in [0.05, 0.1) is 11.4 Å². The Bertz CT molecular complexity index is 424. The molecule has 0 heterocycles. The molecule has 94 valence electrons. The molecule has 0 saturated heterocycles. The summed E-state index contributed by atoms with van der Waals surface area (Å²) < 4.78 is 1.02. The molecular formula is C14H21BrN2. The summed E-state index contributed by atoms with van der Waals surface area (Å²) in [5, 5.41) is 3.47. The third-order valence-corrected chi connectivity index (χ3v) is 5.32. The number of benzene rings is 1. The SMILES string of the molecule is CC1(C)C(CNc2ccc(Br)cc2N)C1(C)C. The molecular weight excluding hydrogens is 276 g/mol. The van der Waals surface area contributed by atoms with E-state index in [1.54, 1.807) is 0 Å². The zero-order valence-electron chi connectivity index (χ0n) is 11.0. The van der Waals surface area contributed by atoms with Crippen molar-refractivity contribution >= 4 is 27.3 Å². The zero-order chi connectivity index (χ0) is 12.8. The number of nitrogens with two attached hydrogens (primary N) is 1. The molecule has 1 fully saturated rings. The van der Waals surface area contributed by atoms with Gasteiger partial charge in [-0.25, -0.2) is 0 Å². The van der Waals surface area contributed by atoms with Gasteiger partial charge in [0.2, 0.25) is 0 Å². The van der Waals surface area contributed by atoms with Crippen LogP contribution >= 0.6 is 15.9 Å². The molecule has 17 heavy (non-hydrogen) atoms. The van der Waals surface area contributed by atoms with E-state index in [0.717, 1.165) is 22.4 Å². The molecule has 0 aromatic heterocycles. The van der Waals surface area contributed by atoms with Crippen molar-refractivity contribution in [3.05, 3.63) is 22.7 Å². The Morgan fingerprint density at radius 3 is 2.29 bits per heavy atom. The van der Waals surface area contributed by atoms with Crippen LogP contribution in [-0.4, -0.2) is 6.54 Å². The normalized spacial score (nSPS) is 21.2. The van der Waals surface area contributed by atoms with Crippen LogP contribution in [0, 0.1) is 16.7 Å². The van der Waals surface area contributed by atoms with E-state index in [1.807, 2.05) is 18.2 Å². The van der Waals surface area contributed by atoms with Crippen molar-refractivity contribution in [3.8, 4) is 0 Å². The molecule has 2 nitrogen and oxygen atoms in total. The van der Waals surface area contributed by atoms with Crippen LogP contribution in [-0.2, 0) is 0 Å². The molecule has 0 spiro atoms. The molecule has 1 aliphatic carbocycles. The second-order valence-electron chi connectivity index (χ2n) is 6.11. The lowest BCUT2D eigenvalue weighted by molar-refractivity contribution is 0.457. The van der Waals surface area contributed by atoms with Crippen molar-refractivity contribution in [2.24, 2.45) is 16.7 Å². The smallest absolute Gasteiger partial charge is 0.0574 e. The highest BCUT2D eigenvalue weighted by Gasteiger charge is 2.63. The minimum absolute atomic E-state index is 0.421. The van der Waals surface area contributed by atoms with Gasteiger partial charge in [0.1, 0.15) is 0 Å². The molecule has 3 N–H and O–H groups in total. The average Bonchev–Trinajstić information content (AvgIpc) is 2.58. The van der Waals surface area contributed by atoms with E-state index in [1.165, 1.54) is 0 Å². The Kier molecular flexibility index (Phi) is 2.93. The van der Waals surface area contributed by atoms with Crippen molar-refractivity contribution in [2.75, 3.05) is 17.6 Å². The molecule has 3 heteroatoms. The Morgan fingerprint density at radius 2 is 1.82 bits per heavy atom. The predicted octanol–water partition coefficient (Wildman–Crippen LogP) is 4.13. The number of nitrogen functional groups attached to an aromatic ring is 1. The summed E-state index contributed by atoms with van der Waals surface area (Å²) in [7, 11) is 0. The lowest BCUT2D eigenvalue weighted by atomic mass is 10.0. The first-order chi connectivity index (χ1) is 7.76. The van der Waals surface area contributed by atoms with Crippen LogP contribution in [0.1, 0.15) is 27.7 Å². The molecule has 1 saturated carbocycles. The quantitative estimate of drug-likeness (QED) is 0.823. The topological polar surface area (TPSA) is 38.0 Å². The Morgan fingerprint density at radius 1 is 1.24 bits per heavy atom. The molecule has 0 unspecified atom stereocenters. The lowest BCUT2D eigenvalue weighted by Crippen LogP contribution is -2.09. The summed E-state index contributed by atoms with van der Waals surface area (Å²) in [5.74, 6) is 0.707. The van der Waals surface area contributed by atoms with Crippen molar-refractivity contribution in [2.45, 2.75) is 27.7 Å². The van der Waals surface area contributed by atoms with Crippen LogP contribution in [0.5, 0.6) is 0 Å². The van der Waals surface area contributed by atoms with E-state index < -0.39 is 0 Å². The minimum atomic E-state index is 0.421. The maximum absolute atomic E-state index is 5.97. The van der Waals surface area contributed by atoms with Gasteiger partial charge in [0.25, 0.3) is 0 Å². The second-order valence-corrected chi connectivity index (χ2v) is 7.02. The molecule has 0 aliphatic heterocycles. The first-order valence-corrected chi connectivity index (χ1v) is 6.85. The van der Waals surface area contributed by atoms with Gasteiger partial charge < -0.3 is 11.1 Å². The fourth-order valence-electron chi connectivity index (χ4n) is 2.75. The van der Waals surface area contributed by atoms with E-state index in [2.05, 4.69) is 48.9 Å². The van der Waals surface area contributed by atoms with Gasteiger partial charge in [-0.2, -0.15) is 0 Å². The highest BCUT2D eigenvalue weighted by molar-refractivity contribution is 9.10. The summed E-state index contributed by atoms with van der Waals surface area (Å²) >= 11 is 3.42. The van der Waals surface area contributed by atoms with E-state index in [9.17, 15) is 0 Å². The maximum Gasteiger partial charge on any atom is 0.0574 e. The van der Waals surface area contributed by atoms with Crippen LogP contribution in [0.3, 0.4) is 0 Å². The highest BCUT2D eigenvalue weighted by atomic mass is 79.9. The van der Waals surface area contributed by atoms with Crippen LogP contribution in [0.25, 0.3) is 0 Å². The number of anilines is 2. The summed E-state index contributed by atoms with van der Waals surface area (Å²) in [6.45, 7) is 10.3. The third kappa shape index (κ3) is 2.05. The number of hydrogen-bond donors (Lipinski definition) is 2. The first kappa shape index (κ1) is 12.7. The monoisotopic (exact) mass is 296 g/mol. The molecule has 0 amide bonds. The summed E-state index contributed by atoms with van der Waals surface area (Å²) in [6.07, 6.45) is 0. The number of rotatable bonds is 3. The van der Waals surface area contributed by atoms with Gasteiger partial charge in [0.15, 0.2) is 0 Å². The lowest BCUT2D eigenvalue weighted by Gasteiger charge is -2.10.